The molecule has 1 atom stereocenters. The van der Waals surface area contributed by atoms with E-state index in [0.29, 0.717) is 23.8 Å². The molecule has 5 nitrogen and oxygen atoms in total. The summed E-state index contributed by atoms with van der Waals surface area (Å²) in [5, 5.41) is 4.07. The van der Waals surface area contributed by atoms with Crippen LogP contribution in [-0.4, -0.2) is 23.5 Å². The minimum absolute atomic E-state index is 0.124. The van der Waals surface area contributed by atoms with Crippen LogP contribution in [0.4, 0.5) is 5.82 Å². The molecule has 0 radical (unpaired) electrons. The van der Waals surface area contributed by atoms with Crippen LogP contribution < -0.4 is 16.8 Å². The van der Waals surface area contributed by atoms with Crippen molar-refractivity contribution in [3.05, 3.63) is 35.9 Å². The van der Waals surface area contributed by atoms with Crippen molar-refractivity contribution in [2.75, 3.05) is 11.9 Å². The Morgan fingerprint density at radius 2 is 2.05 bits per heavy atom. The number of fused-ring (bicyclic) bond motifs is 1. The number of benzene rings is 1. The molecule has 0 aliphatic rings. The smallest absolute Gasteiger partial charge is 0.249 e. The highest BCUT2D eigenvalue weighted by molar-refractivity contribution is 6.06. The highest BCUT2D eigenvalue weighted by Gasteiger charge is 2.13. The van der Waals surface area contributed by atoms with Crippen LogP contribution in [0.5, 0.6) is 0 Å². The van der Waals surface area contributed by atoms with Crippen LogP contribution in [0.25, 0.3) is 10.9 Å². The molecule has 112 valence electrons. The van der Waals surface area contributed by atoms with Crippen LogP contribution in [0.2, 0.25) is 0 Å². The lowest BCUT2D eigenvalue weighted by Gasteiger charge is -2.20. The summed E-state index contributed by atoms with van der Waals surface area (Å²) in [4.78, 5) is 16.2. The first-order chi connectivity index (χ1) is 10.0. The predicted molar refractivity (Wildman–Crippen MR) is 86.2 cm³/mol. The summed E-state index contributed by atoms with van der Waals surface area (Å²) in [6.07, 6.45) is 0.941. The molecule has 21 heavy (non-hydrogen) atoms. The van der Waals surface area contributed by atoms with Gasteiger partial charge < -0.3 is 16.8 Å². The number of para-hydroxylation sites is 1. The average Bonchev–Trinajstić information content (AvgIpc) is 2.45. The van der Waals surface area contributed by atoms with Crippen LogP contribution in [0.15, 0.2) is 30.3 Å². The van der Waals surface area contributed by atoms with Gasteiger partial charge in [0, 0.05) is 18.0 Å². The van der Waals surface area contributed by atoms with E-state index >= 15 is 0 Å². The molecule has 5 N–H and O–H groups in total. The van der Waals surface area contributed by atoms with Crippen LogP contribution in [0, 0.1) is 5.92 Å². The van der Waals surface area contributed by atoms with Crippen LogP contribution in [0.1, 0.15) is 30.6 Å². The number of nitrogens with zero attached hydrogens (tertiary/aromatic N) is 1. The molecule has 1 aromatic carbocycles. The van der Waals surface area contributed by atoms with E-state index in [9.17, 15) is 4.79 Å². The van der Waals surface area contributed by atoms with Gasteiger partial charge in [0.15, 0.2) is 0 Å². The molecule has 1 amide bonds. The molecule has 0 saturated carbocycles. The number of rotatable bonds is 6. The Bertz CT molecular complexity index is 639. The fourth-order valence-corrected chi connectivity index (χ4v) is 2.45. The maximum Gasteiger partial charge on any atom is 0.249 e. The van der Waals surface area contributed by atoms with Gasteiger partial charge in [0.2, 0.25) is 5.91 Å². The zero-order valence-corrected chi connectivity index (χ0v) is 12.5. The van der Waals surface area contributed by atoms with Gasteiger partial charge in [-0.05, 0) is 24.5 Å². The Morgan fingerprint density at radius 3 is 2.67 bits per heavy atom. The maximum absolute atomic E-state index is 11.6. The molecular formula is C16H22N4O. The molecule has 0 fully saturated rings. The molecule has 5 heteroatoms. The Balaban J connectivity index is 2.38. The summed E-state index contributed by atoms with van der Waals surface area (Å²) < 4.78 is 0. The molecule has 0 aliphatic heterocycles. The van der Waals surface area contributed by atoms with E-state index < -0.39 is 5.91 Å². The number of pyridine rings is 1. The van der Waals surface area contributed by atoms with E-state index in [-0.39, 0.29) is 6.04 Å². The minimum Gasteiger partial charge on any atom is -0.366 e. The first kappa shape index (κ1) is 15.3. The average molecular weight is 286 g/mol. The molecule has 0 saturated heterocycles. The number of carbonyl (C=O) groups excluding carboxylic acids is 1. The number of hydrogen-bond acceptors (Lipinski definition) is 4. The topological polar surface area (TPSA) is 94.0 Å². The monoisotopic (exact) mass is 286 g/mol. The number of amides is 1. The van der Waals surface area contributed by atoms with Gasteiger partial charge in [-0.25, -0.2) is 4.98 Å². The molecule has 2 aromatic rings. The van der Waals surface area contributed by atoms with Gasteiger partial charge in [-0.1, -0.05) is 32.0 Å². The number of primary amides is 1. The van der Waals surface area contributed by atoms with Gasteiger partial charge in [0.25, 0.3) is 0 Å². The highest BCUT2D eigenvalue weighted by Crippen LogP contribution is 2.21. The summed E-state index contributed by atoms with van der Waals surface area (Å²) in [6, 6.07) is 9.30. The lowest BCUT2D eigenvalue weighted by atomic mass is 10.0. The predicted octanol–water partition coefficient (Wildman–Crippen LogP) is 2.12. The van der Waals surface area contributed by atoms with E-state index in [1.54, 1.807) is 6.07 Å². The Labute approximate surface area is 124 Å². The minimum atomic E-state index is -0.454. The number of nitrogens with two attached hydrogens (primary N) is 2. The summed E-state index contributed by atoms with van der Waals surface area (Å²) in [6.45, 7) is 4.80. The Morgan fingerprint density at radius 1 is 1.33 bits per heavy atom. The van der Waals surface area contributed by atoms with E-state index in [0.717, 1.165) is 17.3 Å². The lowest BCUT2D eigenvalue weighted by molar-refractivity contribution is 0.100. The van der Waals surface area contributed by atoms with Crippen molar-refractivity contribution in [1.82, 2.24) is 4.98 Å². The summed E-state index contributed by atoms with van der Waals surface area (Å²) in [5.41, 5.74) is 12.5. The first-order valence-corrected chi connectivity index (χ1v) is 7.17. The second-order valence-electron chi connectivity index (χ2n) is 5.64. The van der Waals surface area contributed by atoms with Crippen LogP contribution in [0.3, 0.4) is 0 Å². The van der Waals surface area contributed by atoms with Crippen LogP contribution in [-0.2, 0) is 0 Å². The van der Waals surface area contributed by atoms with Crippen molar-refractivity contribution in [1.29, 1.82) is 0 Å². The maximum atomic E-state index is 11.6. The number of nitrogens with one attached hydrogen (secondary N) is 1. The quantitative estimate of drug-likeness (QED) is 0.758. The zero-order valence-electron chi connectivity index (χ0n) is 12.5. The highest BCUT2D eigenvalue weighted by atomic mass is 16.1. The van der Waals surface area contributed by atoms with Gasteiger partial charge in [0.1, 0.15) is 5.82 Å². The fraction of sp³-hybridized carbons (Fsp3) is 0.375. The SMILES string of the molecule is CC(C)CC(CN)Nc1cc(C(N)=O)c2ccccc2n1. The molecule has 0 bridgehead atoms. The van der Waals surface area contributed by atoms with Crippen molar-refractivity contribution < 1.29 is 4.79 Å². The number of aromatic nitrogens is 1. The Kier molecular flexibility index (Phi) is 4.75. The standard InChI is InChI=1S/C16H22N4O/c1-10(2)7-11(9-17)19-15-8-13(16(18)21)12-5-3-4-6-14(12)20-15/h3-6,8,10-11H,7,9,17H2,1-2H3,(H2,18,21)(H,19,20). The second-order valence-corrected chi connectivity index (χ2v) is 5.64. The molecule has 2 rings (SSSR count). The van der Waals surface area contributed by atoms with Gasteiger partial charge in [-0.15, -0.1) is 0 Å². The van der Waals surface area contributed by atoms with Gasteiger partial charge in [-0.2, -0.15) is 0 Å². The lowest BCUT2D eigenvalue weighted by Crippen LogP contribution is -2.30. The van der Waals surface area contributed by atoms with Crippen LogP contribution >= 0.6 is 0 Å². The summed E-state index contributed by atoms with van der Waals surface area (Å²) >= 11 is 0. The third-order valence-corrected chi connectivity index (χ3v) is 3.37. The van der Waals surface area contributed by atoms with Crippen molar-refractivity contribution in [3.8, 4) is 0 Å². The van der Waals surface area contributed by atoms with E-state index in [2.05, 4.69) is 24.1 Å². The molecule has 0 aliphatic carbocycles. The number of hydrogen-bond donors (Lipinski definition) is 3. The van der Waals surface area contributed by atoms with E-state index in [1.165, 1.54) is 0 Å². The van der Waals surface area contributed by atoms with E-state index in [1.807, 2.05) is 24.3 Å². The molecule has 1 aromatic heterocycles. The Hall–Kier alpha value is -2.14. The zero-order chi connectivity index (χ0) is 15.4. The van der Waals surface area contributed by atoms with Crippen molar-refractivity contribution >= 4 is 22.6 Å². The molecule has 1 heterocycles. The molecular weight excluding hydrogens is 264 g/mol. The number of carbonyl (C=O) groups is 1. The van der Waals surface area contributed by atoms with Crippen molar-refractivity contribution in [2.24, 2.45) is 17.4 Å². The normalized spacial score (nSPS) is 12.6. The molecule has 0 spiro atoms. The van der Waals surface area contributed by atoms with Crippen molar-refractivity contribution in [3.63, 3.8) is 0 Å². The number of anilines is 1. The fourth-order valence-electron chi connectivity index (χ4n) is 2.45. The largest absolute Gasteiger partial charge is 0.366 e. The summed E-state index contributed by atoms with van der Waals surface area (Å²) in [7, 11) is 0. The molecule has 1 unspecified atom stereocenters. The van der Waals surface area contributed by atoms with Gasteiger partial charge in [-0.3, -0.25) is 4.79 Å². The van der Waals surface area contributed by atoms with Gasteiger partial charge >= 0.3 is 0 Å². The summed E-state index contributed by atoms with van der Waals surface area (Å²) in [5.74, 6) is 0.713. The van der Waals surface area contributed by atoms with E-state index in [4.69, 9.17) is 11.5 Å². The third-order valence-electron chi connectivity index (χ3n) is 3.37. The third kappa shape index (κ3) is 3.70. The first-order valence-electron chi connectivity index (χ1n) is 7.17. The van der Waals surface area contributed by atoms with Gasteiger partial charge in [0.05, 0.1) is 11.1 Å². The second kappa shape index (κ2) is 6.54. The van der Waals surface area contributed by atoms with Crippen molar-refractivity contribution in [2.45, 2.75) is 26.3 Å².